The summed E-state index contributed by atoms with van der Waals surface area (Å²) in [6.07, 6.45) is 2.86. The molecule has 150 valence electrons. The molecule has 0 aromatic carbocycles. The molecule has 0 aromatic heterocycles. The van der Waals surface area contributed by atoms with E-state index >= 15 is 0 Å². The van der Waals surface area contributed by atoms with Crippen LogP contribution in [0.1, 0.15) is 46.5 Å². The van der Waals surface area contributed by atoms with Gasteiger partial charge in [0.15, 0.2) is 16.9 Å². The van der Waals surface area contributed by atoms with E-state index in [2.05, 4.69) is 0 Å². The molecule has 3 fully saturated rings. The molecule has 7 heteroatoms. The summed E-state index contributed by atoms with van der Waals surface area (Å²) in [5.41, 5.74) is -3.65. The van der Waals surface area contributed by atoms with Gasteiger partial charge in [0.25, 0.3) is 0 Å². The van der Waals surface area contributed by atoms with Crippen LogP contribution in [0.2, 0.25) is 0 Å². The van der Waals surface area contributed by atoms with Crippen LogP contribution in [0.4, 0.5) is 4.79 Å². The van der Waals surface area contributed by atoms with E-state index in [1.54, 1.807) is 20.8 Å². The Morgan fingerprint density at radius 1 is 1.15 bits per heavy atom. The zero-order valence-corrected chi connectivity index (χ0v) is 16.7. The van der Waals surface area contributed by atoms with Crippen molar-refractivity contribution in [1.82, 2.24) is 4.90 Å². The summed E-state index contributed by atoms with van der Waals surface area (Å²) >= 11 is 0. The van der Waals surface area contributed by atoms with Gasteiger partial charge in [0.2, 0.25) is 11.5 Å². The van der Waals surface area contributed by atoms with Crippen LogP contribution >= 0.6 is 0 Å². The van der Waals surface area contributed by atoms with E-state index in [0.717, 1.165) is 19.3 Å². The Bertz CT molecular complexity index is 724. The maximum absolute atomic E-state index is 13.6. The van der Waals surface area contributed by atoms with Gasteiger partial charge in [0.05, 0.1) is 14.2 Å². The van der Waals surface area contributed by atoms with Crippen LogP contribution in [0.25, 0.3) is 0 Å². The molecule has 7 nitrogen and oxygen atoms in total. The molecule has 4 aliphatic rings. The highest BCUT2D eigenvalue weighted by Crippen LogP contribution is 2.69. The van der Waals surface area contributed by atoms with Crippen molar-refractivity contribution in [2.45, 2.75) is 63.2 Å². The van der Waals surface area contributed by atoms with Crippen molar-refractivity contribution in [3.05, 3.63) is 11.5 Å². The first-order valence-corrected chi connectivity index (χ1v) is 9.75. The van der Waals surface area contributed by atoms with E-state index < -0.39 is 22.8 Å². The van der Waals surface area contributed by atoms with Crippen molar-refractivity contribution in [3.63, 3.8) is 0 Å². The van der Waals surface area contributed by atoms with Gasteiger partial charge in [0, 0.05) is 12.5 Å². The fourth-order valence-electron chi connectivity index (χ4n) is 6.38. The second-order valence-corrected chi connectivity index (χ2v) is 9.16. The summed E-state index contributed by atoms with van der Waals surface area (Å²) < 4.78 is 16.5. The molecule has 2 saturated carbocycles. The van der Waals surface area contributed by atoms with Crippen molar-refractivity contribution in [3.8, 4) is 0 Å². The highest BCUT2D eigenvalue weighted by Gasteiger charge is 2.83. The second kappa shape index (κ2) is 5.63. The van der Waals surface area contributed by atoms with Gasteiger partial charge in [-0.3, -0.25) is 9.69 Å². The van der Waals surface area contributed by atoms with Gasteiger partial charge in [-0.15, -0.1) is 0 Å². The minimum atomic E-state index is -1.57. The van der Waals surface area contributed by atoms with Crippen molar-refractivity contribution in [2.24, 2.45) is 17.8 Å². The number of Topliss-reactive ketones (excluding diaryl/α,β-unsaturated/α-hetero) is 1. The number of carbonyl (C=O) groups is 2. The smallest absolute Gasteiger partial charge is 0.411 e. The fraction of sp³-hybridized carbons (Fsp3) is 0.800. The average molecular weight is 379 g/mol. The predicted molar refractivity (Wildman–Crippen MR) is 95.6 cm³/mol. The Hall–Kier alpha value is -1.76. The largest absolute Gasteiger partial charge is 0.494 e. The molecule has 0 radical (unpaired) electrons. The summed E-state index contributed by atoms with van der Waals surface area (Å²) in [6, 6.07) is 0. The van der Waals surface area contributed by atoms with Gasteiger partial charge in [-0.2, -0.15) is 0 Å². The Morgan fingerprint density at radius 3 is 2.44 bits per heavy atom. The summed E-state index contributed by atoms with van der Waals surface area (Å²) in [7, 11) is 2.85. The summed E-state index contributed by atoms with van der Waals surface area (Å²) in [6.45, 7) is 5.76. The lowest BCUT2D eigenvalue weighted by Crippen LogP contribution is -2.66. The van der Waals surface area contributed by atoms with Gasteiger partial charge < -0.3 is 19.3 Å². The third kappa shape index (κ3) is 2.01. The van der Waals surface area contributed by atoms with E-state index in [0.29, 0.717) is 13.0 Å². The number of ether oxygens (including phenoxy) is 3. The van der Waals surface area contributed by atoms with Gasteiger partial charge in [0.1, 0.15) is 5.60 Å². The maximum Gasteiger partial charge on any atom is 0.411 e. The number of ketones is 1. The Balaban J connectivity index is 1.88. The van der Waals surface area contributed by atoms with Crippen LogP contribution in [0.3, 0.4) is 0 Å². The quantitative estimate of drug-likeness (QED) is 0.792. The van der Waals surface area contributed by atoms with Crippen LogP contribution in [0, 0.1) is 17.8 Å². The van der Waals surface area contributed by atoms with E-state index in [9.17, 15) is 14.7 Å². The van der Waals surface area contributed by atoms with Gasteiger partial charge >= 0.3 is 6.09 Å². The van der Waals surface area contributed by atoms with Crippen molar-refractivity contribution < 1.29 is 28.9 Å². The van der Waals surface area contributed by atoms with Crippen LogP contribution in [0.15, 0.2) is 11.5 Å². The molecule has 0 bridgehead atoms. The molecule has 27 heavy (non-hydrogen) atoms. The molecule has 1 N–H and O–H groups in total. The number of nitrogens with zero attached hydrogens (tertiary/aromatic N) is 1. The zero-order valence-electron chi connectivity index (χ0n) is 16.7. The number of methoxy groups -OCH3 is 2. The first kappa shape index (κ1) is 18.6. The number of aliphatic hydroxyl groups is 1. The number of hydrogen-bond acceptors (Lipinski definition) is 6. The van der Waals surface area contributed by atoms with E-state index in [4.69, 9.17) is 14.2 Å². The van der Waals surface area contributed by atoms with Crippen molar-refractivity contribution >= 4 is 11.9 Å². The molecule has 1 amide bonds. The third-order valence-electron chi connectivity index (χ3n) is 6.96. The maximum atomic E-state index is 13.6. The molecule has 1 saturated heterocycles. The number of hydrogen-bond donors (Lipinski definition) is 1. The van der Waals surface area contributed by atoms with Crippen molar-refractivity contribution in [2.75, 3.05) is 20.8 Å². The highest BCUT2D eigenvalue weighted by molar-refractivity contribution is 6.09. The van der Waals surface area contributed by atoms with Gasteiger partial charge in [-0.05, 0) is 51.9 Å². The summed E-state index contributed by atoms with van der Waals surface area (Å²) in [4.78, 5) is 28.2. The van der Waals surface area contributed by atoms with Crippen LogP contribution < -0.4 is 0 Å². The molecule has 0 aromatic rings. The standard InChI is InChI=1S/C20H29NO6/c1-18(2,3)27-17(23)21-10-9-12-11-7-6-8-13(11)20(24)16(26-5)14(25-4)15(22)19(12,20)21/h11-13,24H,6-10H2,1-5H3/t11-,12?,13+,19?,20+/m0/s1. The minimum Gasteiger partial charge on any atom is -0.494 e. The first-order valence-electron chi connectivity index (χ1n) is 9.75. The Labute approximate surface area is 159 Å². The summed E-state index contributed by atoms with van der Waals surface area (Å²) in [5.74, 6) is -0.204. The molecule has 1 heterocycles. The molecule has 3 aliphatic carbocycles. The predicted octanol–water partition coefficient (Wildman–Crippen LogP) is 2.23. The van der Waals surface area contributed by atoms with Gasteiger partial charge in [-0.25, -0.2) is 4.79 Å². The number of likely N-dealkylation sites (tertiary alicyclic amines) is 1. The number of carbonyl (C=O) groups excluding carboxylic acids is 2. The zero-order chi connectivity index (χ0) is 19.8. The van der Waals surface area contributed by atoms with Crippen LogP contribution in [-0.2, 0) is 19.0 Å². The molecular weight excluding hydrogens is 350 g/mol. The Kier molecular flexibility index (Phi) is 3.87. The third-order valence-corrected chi connectivity index (χ3v) is 6.96. The molecule has 5 atom stereocenters. The molecule has 1 spiro atoms. The summed E-state index contributed by atoms with van der Waals surface area (Å²) in [5, 5.41) is 12.1. The van der Waals surface area contributed by atoms with Gasteiger partial charge in [-0.1, -0.05) is 6.42 Å². The van der Waals surface area contributed by atoms with E-state index in [1.165, 1.54) is 19.1 Å². The molecule has 1 aliphatic heterocycles. The van der Waals surface area contributed by atoms with Crippen molar-refractivity contribution in [1.29, 1.82) is 0 Å². The SMILES string of the molecule is COC1=C(OC)[C@]2(O)[C@@H]3CCC[C@H]3C3CCN(C(=O)OC(C)(C)C)C32C1=O. The second-order valence-electron chi connectivity index (χ2n) is 9.16. The lowest BCUT2D eigenvalue weighted by atomic mass is 9.75. The minimum absolute atomic E-state index is 0.0332. The van der Waals surface area contributed by atoms with Crippen LogP contribution in [-0.4, -0.2) is 59.4 Å². The lowest BCUT2D eigenvalue weighted by Gasteiger charge is -2.44. The first-order chi connectivity index (χ1) is 12.6. The van der Waals surface area contributed by atoms with E-state index in [-0.39, 0.29) is 35.1 Å². The van der Waals surface area contributed by atoms with E-state index in [1.807, 2.05) is 0 Å². The molecule has 4 rings (SSSR count). The molecular formula is C20H29NO6. The van der Waals surface area contributed by atoms with Crippen LogP contribution in [0.5, 0.6) is 0 Å². The average Bonchev–Trinajstić information content (AvgIpc) is 3.26. The number of rotatable bonds is 2. The Morgan fingerprint density at radius 2 is 1.85 bits per heavy atom. The normalized spacial score (nSPS) is 40.1. The number of fused-ring (bicyclic) bond motifs is 3. The highest BCUT2D eigenvalue weighted by atomic mass is 16.6. The number of amides is 1. The topological polar surface area (TPSA) is 85.3 Å². The molecule has 2 unspecified atom stereocenters. The lowest BCUT2D eigenvalue weighted by molar-refractivity contribution is -0.143. The monoisotopic (exact) mass is 379 g/mol. The fourth-order valence-corrected chi connectivity index (χ4v) is 6.38.